The molecule has 1 aromatic heterocycles. The number of fused-ring (bicyclic) bond motifs is 1. The van der Waals surface area contributed by atoms with Gasteiger partial charge in [0.25, 0.3) is 5.92 Å². The Bertz CT molecular complexity index is 408. The third-order valence-corrected chi connectivity index (χ3v) is 2.71. The summed E-state index contributed by atoms with van der Waals surface area (Å²) in [6.45, 7) is 1.26. The minimum absolute atomic E-state index is 0.0837. The van der Waals surface area contributed by atoms with E-state index in [4.69, 9.17) is 4.74 Å². The van der Waals surface area contributed by atoms with Gasteiger partial charge in [-0.3, -0.25) is 0 Å². The van der Waals surface area contributed by atoms with Gasteiger partial charge in [-0.05, 0) is 12.1 Å². The van der Waals surface area contributed by atoms with Gasteiger partial charge < -0.3 is 10.1 Å². The van der Waals surface area contributed by atoms with E-state index in [-0.39, 0.29) is 6.42 Å². The van der Waals surface area contributed by atoms with E-state index in [2.05, 4.69) is 10.3 Å². The predicted octanol–water partition coefficient (Wildman–Crippen LogP) is 2.01. The van der Waals surface area contributed by atoms with Crippen LogP contribution >= 0.6 is 0 Å². The number of rotatable bonds is 1. The van der Waals surface area contributed by atoms with Crippen molar-refractivity contribution in [3.63, 3.8) is 0 Å². The maximum atomic E-state index is 12.8. The Balaban J connectivity index is 1.92. The molecule has 1 unspecified atom stereocenters. The van der Waals surface area contributed by atoms with Gasteiger partial charge in [0.2, 0.25) is 0 Å². The molecule has 1 fully saturated rings. The van der Waals surface area contributed by atoms with Crippen LogP contribution in [0.3, 0.4) is 0 Å². The molecule has 1 aliphatic carbocycles. The number of ether oxygens (including phenoxy) is 1. The van der Waals surface area contributed by atoms with Gasteiger partial charge in [-0.1, -0.05) is 0 Å². The standard InChI is InChI=1S/C10H10F2N2O/c11-10(12)5-6(10)7-1-2-8-9(14-7)13-3-4-15-8/h1-2,6H,3-5H2,(H,13,14). The van der Waals surface area contributed by atoms with Crippen molar-refractivity contribution in [1.82, 2.24) is 4.98 Å². The Morgan fingerprint density at radius 2 is 2.27 bits per heavy atom. The lowest BCUT2D eigenvalue weighted by Crippen LogP contribution is -2.19. The van der Waals surface area contributed by atoms with Crippen LogP contribution in [0.5, 0.6) is 5.75 Å². The Kier molecular flexibility index (Phi) is 1.66. The summed E-state index contributed by atoms with van der Waals surface area (Å²) in [5, 5.41) is 3.03. The Morgan fingerprint density at radius 1 is 1.47 bits per heavy atom. The molecule has 0 amide bonds. The normalized spacial score (nSPS) is 26.1. The average molecular weight is 212 g/mol. The molecular formula is C10H10F2N2O. The van der Waals surface area contributed by atoms with E-state index in [9.17, 15) is 8.78 Å². The second-order valence-electron chi connectivity index (χ2n) is 3.88. The fraction of sp³-hybridized carbons (Fsp3) is 0.500. The van der Waals surface area contributed by atoms with Crippen LogP contribution in [0.2, 0.25) is 0 Å². The van der Waals surface area contributed by atoms with Crippen molar-refractivity contribution in [1.29, 1.82) is 0 Å². The lowest BCUT2D eigenvalue weighted by atomic mass is 10.2. The Hall–Kier alpha value is -1.39. The van der Waals surface area contributed by atoms with Crippen LogP contribution in [0.25, 0.3) is 0 Å². The first kappa shape index (κ1) is 8.88. The van der Waals surface area contributed by atoms with Gasteiger partial charge in [-0.25, -0.2) is 13.8 Å². The quantitative estimate of drug-likeness (QED) is 0.773. The van der Waals surface area contributed by atoms with E-state index in [1.165, 1.54) is 0 Å². The fourth-order valence-corrected chi connectivity index (χ4v) is 1.76. The van der Waals surface area contributed by atoms with Crippen molar-refractivity contribution in [2.24, 2.45) is 0 Å². The summed E-state index contributed by atoms with van der Waals surface area (Å²) >= 11 is 0. The zero-order valence-electron chi connectivity index (χ0n) is 7.96. The molecule has 1 atom stereocenters. The molecule has 5 heteroatoms. The van der Waals surface area contributed by atoms with E-state index in [0.29, 0.717) is 30.4 Å². The maximum absolute atomic E-state index is 12.8. The van der Waals surface area contributed by atoms with Crippen molar-refractivity contribution < 1.29 is 13.5 Å². The predicted molar refractivity (Wildman–Crippen MR) is 50.5 cm³/mol. The molecule has 0 bridgehead atoms. The molecule has 1 saturated carbocycles. The number of hydrogen-bond acceptors (Lipinski definition) is 3. The number of anilines is 1. The highest BCUT2D eigenvalue weighted by atomic mass is 19.3. The summed E-state index contributed by atoms with van der Waals surface area (Å²) in [6.07, 6.45) is -0.0837. The number of halogens is 2. The van der Waals surface area contributed by atoms with Crippen LogP contribution in [0.4, 0.5) is 14.6 Å². The van der Waals surface area contributed by atoms with Crippen molar-refractivity contribution >= 4 is 5.82 Å². The highest BCUT2D eigenvalue weighted by Gasteiger charge is 2.58. The Morgan fingerprint density at radius 3 is 3.00 bits per heavy atom. The van der Waals surface area contributed by atoms with Crippen molar-refractivity contribution in [3.05, 3.63) is 17.8 Å². The van der Waals surface area contributed by atoms with E-state index >= 15 is 0 Å². The number of pyridine rings is 1. The topological polar surface area (TPSA) is 34.2 Å². The first-order chi connectivity index (χ1) is 7.17. The zero-order valence-corrected chi connectivity index (χ0v) is 7.96. The summed E-state index contributed by atoms with van der Waals surface area (Å²) in [7, 11) is 0. The molecule has 0 spiro atoms. The van der Waals surface area contributed by atoms with Gasteiger partial charge in [-0.2, -0.15) is 0 Å². The lowest BCUT2D eigenvalue weighted by molar-refractivity contribution is 0.111. The molecule has 1 aliphatic heterocycles. The van der Waals surface area contributed by atoms with Gasteiger partial charge in [0.15, 0.2) is 11.6 Å². The molecule has 0 aromatic carbocycles. The monoisotopic (exact) mass is 212 g/mol. The molecule has 0 radical (unpaired) electrons. The molecule has 3 nitrogen and oxygen atoms in total. The average Bonchev–Trinajstić information content (AvgIpc) is 2.87. The van der Waals surface area contributed by atoms with Gasteiger partial charge in [0.1, 0.15) is 6.61 Å². The van der Waals surface area contributed by atoms with E-state index in [0.717, 1.165) is 0 Å². The minimum atomic E-state index is -2.56. The van der Waals surface area contributed by atoms with Crippen molar-refractivity contribution in [2.75, 3.05) is 18.5 Å². The number of alkyl halides is 2. The Labute approximate surface area is 85.5 Å². The van der Waals surface area contributed by atoms with Gasteiger partial charge in [-0.15, -0.1) is 0 Å². The third kappa shape index (κ3) is 1.42. The molecule has 80 valence electrons. The first-order valence-electron chi connectivity index (χ1n) is 4.92. The zero-order chi connectivity index (χ0) is 10.5. The summed E-state index contributed by atoms with van der Waals surface area (Å²) in [5.41, 5.74) is 0.455. The summed E-state index contributed by atoms with van der Waals surface area (Å²) in [6, 6.07) is 3.33. The van der Waals surface area contributed by atoms with Gasteiger partial charge >= 0.3 is 0 Å². The molecule has 1 aromatic rings. The summed E-state index contributed by atoms with van der Waals surface area (Å²) < 4.78 is 31.0. The second kappa shape index (κ2) is 2.81. The molecule has 2 aliphatic rings. The first-order valence-corrected chi connectivity index (χ1v) is 4.92. The van der Waals surface area contributed by atoms with Crippen molar-refractivity contribution in [3.8, 4) is 5.75 Å². The van der Waals surface area contributed by atoms with Crippen molar-refractivity contribution in [2.45, 2.75) is 18.3 Å². The highest BCUT2D eigenvalue weighted by molar-refractivity contribution is 5.52. The van der Waals surface area contributed by atoms with E-state index < -0.39 is 11.8 Å². The SMILES string of the molecule is FC1(F)CC1c1ccc2c(n1)NCCO2. The molecule has 15 heavy (non-hydrogen) atoms. The van der Waals surface area contributed by atoms with Crippen LogP contribution in [-0.2, 0) is 0 Å². The molecule has 2 heterocycles. The summed E-state index contributed by atoms with van der Waals surface area (Å²) in [5.74, 6) is -2.03. The van der Waals surface area contributed by atoms with E-state index in [1.807, 2.05) is 0 Å². The smallest absolute Gasteiger partial charge is 0.257 e. The maximum Gasteiger partial charge on any atom is 0.257 e. The largest absolute Gasteiger partial charge is 0.488 e. The highest BCUT2D eigenvalue weighted by Crippen LogP contribution is 2.55. The van der Waals surface area contributed by atoms with Crippen LogP contribution in [0, 0.1) is 0 Å². The molecule has 0 saturated heterocycles. The summed E-state index contributed by atoms with van der Waals surface area (Å²) in [4.78, 5) is 4.15. The number of nitrogens with zero attached hydrogens (tertiary/aromatic N) is 1. The molecule has 3 rings (SSSR count). The lowest BCUT2D eigenvalue weighted by Gasteiger charge is -2.18. The molecule has 1 N–H and O–H groups in total. The van der Waals surface area contributed by atoms with E-state index in [1.54, 1.807) is 12.1 Å². The molecular weight excluding hydrogens is 202 g/mol. The minimum Gasteiger partial charge on any atom is -0.488 e. The third-order valence-electron chi connectivity index (χ3n) is 2.71. The van der Waals surface area contributed by atoms with Crippen LogP contribution in [-0.4, -0.2) is 24.1 Å². The van der Waals surface area contributed by atoms with Crippen LogP contribution < -0.4 is 10.1 Å². The number of hydrogen-bond donors (Lipinski definition) is 1. The van der Waals surface area contributed by atoms with Gasteiger partial charge in [0.05, 0.1) is 18.2 Å². The fourth-order valence-electron chi connectivity index (χ4n) is 1.76. The number of nitrogens with one attached hydrogen (secondary N) is 1. The van der Waals surface area contributed by atoms with Crippen LogP contribution in [0.1, 0.15) is 18.0 Å². The number of aromatic nitrogens is 1. The van der Waals surface area contributed by atoms with Crippen LogP contribution in [0.15, 0.2) is 12.1 Å². The van der Waals surface area contributed by atoms with Gasteiger partial charge in [0, 0.05) is 6.42 Å². The second-order valence-corrected chi connectivity index (χ2v) is 3.88.